The van der Waals surface area contributed by atoms with Gasteiger partial charge in [0.15, 0.2) is 5.82 Å². The maximum Gasteiger partial charge on any atom is 0.160 e. The van der Waals surface area contributed by atoms with Crippen molar-refractivity contribution < 1.29 is 4.42 Å². The fourth-order valence-corrected chi connectivity index (χ4v) is 10.2. The van der Waals surface area contributed by atoms with Crippen molar-refractivity contribution in [2.45, 2.75) is 5.41 Å². The van der Waals surface area contributed by atoms with Crippen molar-refractivity contribution >= 4 is 21.9 Å². The number of furan rings is 1. The molecule has 0 N–H and O–H groups in total. The number of para-hydroxylation sites is 1. The summed E-state index contributed by atoms with van der Waals surface area (Å²) in [4.78, 5) is 19.7. The third kappa shape index (κ3) is 4.96. The summed E-state index contributed by atoms with van der Waals surface area (Å²) < 4.78 is 6.87. The second-order valence-corrected chi connectivity index (χ2v) is 16.1. The molecule has 0 fully saturated rings. The van der Waals surface area contributed by atoms with Gasteiger partial charge in [0.25, 0.3) is 0 Å². The van der Waals surface area contributed by atoms with E-state index >= 15 is 0 Å². The van der Waals surface area contributed by atoms with Crippen LogP contribution >= 0.6 is 0 Å². The minimum Gasteiger partial charge on any atom is -0.455 e. The number of benzene rings is 7. The molecule has 2 aliphatic rings. The molecule has 1 unspecified atom stereocenters. The van der Waals surface area contributed by atoms with Crippen molar-refractivity contribution in [1.82, 2.24) is 19.9 Å². The summed E-state index contributed by atoms with van der Waals surface area (Å²) in [6, 6.07) is 67.1. The predicted molar refractivity (Wildman–Crippen MR) is 248 cm³/mol. The fraction of sp³-hybridized carbons (Fsp3) is 0.0175. The molecule has 5 heteroatoms. The van der Waals surface area contributed by atoms with E-state index in [2.05, 4.69) is 151 Å². The lowest BCUT2D eigenvalue weighted by molar-refractivity contribution is 0.669. The van der Waals surface area contributed by atoms with Gasteiger partial charge < -0.3 is 4.42 Å². The van der Waals surface area contributed by atoms with Gasteiger partial charge in [-0.3, -0.25) is 9.97 Å². The molecule has 62 heavy (non-hydrogen) atoms. The molecule has 11 aromatic rings. The van der Waals surface area contributed by atoms with E-state index in [0.29, 0.717) is 5.82 Å². The molecule has 0 aliphatic heterocycles. The first-order valence-electron chi connectivity index (χ1n) is 20.9. The van der Waals surface area contributed by atoms with Crippen LogP contribution in [0.1, 0.15) is 22.3 Å². The smallest absolute Gasteiger partial charge is 0.160 e. The van der Waals surface area contributed by atoms with Crippen molar-refractivity contribution in [3.8, 4) is 78.5 Å². The van der Waals surface area contributed by atoms with Gasteiger partial charge in [-0.15, -0.1) is 0 Å². The summed E-state index contributed by atoms with van der Waals surface area (Å²) >= 11 is 0. The predicted octanol–water partition coefficient (Wildman–Crippen LogP) is 13.8. The highest BCUT2D eigenvalue weighted by Crippen LogP contribution is 2.63. The molecule has 288 valence electrons. The Bertz CT molecular complexity index is 3580. The van der Waals surface area contributed by atoms with Gasteiger partial charge in [0.05, 0.1) is 22.5 Å². The van der Waals surface area contributed by atoms with Crippen LogP contribution in [0.3, 0.4) is 0 Å². The molecule has 0 radical (unpaired) electrons. The number of nitrogens with zero attached hydrogens (tertiary/aromatic N) is 4. The Hall–Kier alpha value is -8.28. The lowest BCUT2D eigenvalue weighted by Crippen LogP contribution is -2.29. The zero-order valence-electron chi connectivity index (χ0n) is 33.3. The average molecular weight is 791 g/mol. The van der Waals surface area contributed by atoms with Crippen LogP contribution < -0.4 is 0 Å². The van der Waals surface area contributed by atoms with Gasteiger partial charge in [0.2, 0.25) is 0 Å². The first kappa shape index (κ1) is 34.6. The topological polar surface area (TPSA) is 64.7 Å². The summed E-state index contributed by atoms with van der Waals surface area (Å²) in [6.07, 6.45) is 5.51. The second-order valence-electron chi connectivity index (χ2n) is 16.1. The van der Waals surface area contributed by atoms with Crippen LogP contribution in [0.15, 0.2) is 211 Å². The third-order valence-corrected chi connectivity index (χ3v) is 12.9. The Kier molecular flexibility index (Phi) is 7.45. The summed E-state index contributed by atoms with van der Waals surface area (Å²) in [5, 5.41) is 2.24. The maximum absolute atomic E-state index is 6.87. The molecule has 0 saturated carbocycles. The number of fused-ring (bicyclic) bond motifs is 16. The van der Waals surface area contributed by atoms with Gasteiger partial charge in [-0.1, -0.05) is 146 Å². The minimum atomic E-state index is -0.704. The fourth-order valence-electron chi connectivity index (χ4n) is 10.2. The number of rotatable bonds is 4. The monoisotopic (exact) mass is 790 g/mol. The van der Waals surface area contributed by atoms with Crippen molar-refractivity contribution in [1.29, 1.82) is 0 Å². The molecule has 2 aliphatic carbocycles. The summed E-state index contributed by atoms with van der Waals surface area (Å²) in [7, 11) is 0. The molecule has 0 bridgehead atoms. The highest BCUT2D eigenvalue weighted by atomic mass is 16.3. The highest BCUT2D eigenvalue weighted by Gasteiger charge is 2.50. The van der Waals surface area contributed by atoms with E-state index in [-0.39, 0.29) is 0 Å². The summed E-state index contributed by atoms with van der Waals surface area (Å²) in [6.45, 7) is 0. The molecule has 1 spiro atoms. The Balaban J connectivity index is 1.10. The molecule has 4 heterocycles. The summed E-state index contributed by atoms with van der Waals surface area (Å²) in [5.74, 6) is 0.651. The quantitative estimate of drug-likeness (QED) is 0.178. The van der Waals surface area contributed by atoms with Gasteiger partial charge in [0.1, 0.15) is 11.2 Å². The van der Waals surface area contributed by atoms with E-state index in [1.165, 1.54) is 50.1 Å². The standard InChI is InChI=1S/C57H34N4O/c1-2-13-35(14-3-1)56-60-51(32-52(61-56)38-25-29-50(59-34-38)37-15-12-30-58-33-37)36-24-26-42-40-17-5-4-16-39(40)41-18-6-9-21-46(41)57(49(42)31-36)47-22-10-7-20-45(47)54-48(57)28-27-44-43-19-8-11-23-53(43)62-55(44)54/h1-34H. The average Bonchev–Trinajstić information content (AvgIpc) is 3.85. The van der Waals surface area contributed by atoms with Crippen molar-refractivity contribution in [3.05, 3.63) is 229 Å². The van der Waals surface area contributed by atoms with E-state index in [9.17, 15) is 0 Å². The lowest BCUT2D eigenvalue weighted by Gasteiger charge is -2.35. The normalized spacial score (nSPS) is 14.5. The zero-order chi connectivity index (χ0) is 40.8. The number of hydrogen-bond acceptors (Lipinski definition) is 5. The van der Waals surface area contributed by atoms with E-state index in [0.717, 1.165) is 66.8 Å². The van der Waals surface area contributed by atoms with Crippen LogP contribution in [-0.2, 0) is 5.41 Å². The number of aromatic nitrogens is 4. The van der Waals surface area contributed by atoms with Crippen LogP contribution in [0, 0.1) is 0 Å². The number of hydrogen-bond donors (Lipinski definition) is 0. The maximum atomic E-state index is 6.87. The van der Waals surface area contributed by atoms with Gasteiger partial charge in [-0.05, 0) is 92.5 Å². The van der Waals surface area contributed by atoms with Crippen LogP contribution in [-0.4, -0.2) is 19.9 Å². The number of pyridine rings is 2. The molecule has 13 rings (SSSR count). The third-order valence-electron chi connectivity index (χ3n) is 12.9. The Morgan fingerprint density at radius 3 is 1.81 bits per heavy atom. The van der Waals surface area contributed by atoms with E-state index in [4.69, 9.17) is 19.4 Å². The summed E-state index contributed by atoms with van der Waals surface area (Å²) in [5.41, 5.74) is 19.4. The Morgan fingerprint density at radius 2 is 1.03 bits per heavy atom. The molecule has 0 saturated heterocycles. The Morgan fingerprint density at radius 1 is 0.387 bits per heavy atom. The van der Waals surface area contributed by atoms with Crippen LogP contribution in [0.25, 0.3) is 100 Å². The van der Waals surface area contributed by atoms with E-state index < -0.39 is 5.41 Å². The van der Waals surface area contributed by atoms with Crippen LogP contribution in [0.5, 0.6) is 0 Å². The van der Waals surface area contributed by atoms with Crippen LogP contribution in [0.2, 0.25) is 0 Å². The molecule has 0 amide bonds. The van der Waals surface area contributed by atoms with E-state index in [1.807, 2.05) is 54.9 Å². The molecule has 4 aromatic heterocycles. The van der Waals surface area contributed by atoms with E-state index in [1.54, 1.807) is 6.20 Å². The minimum absolute atomic E-state index is 0.651. The van der Waals surface area contributed by atoms with Gasteiger partial charge in [0, 0.05) is 57.2 Å². The van der Waals surface area contributed by atoms with Gasteiger partial charge in [-0.2, -0.15) is 0 Å². The molecule has 7 aromatic carbocycles. The first-order chi connectivity index (χ1) is 30.7. The van der Waals surface area contributed by atoms with Crippen LogP contribution in [0.4, 0.5) is 0 Å². The molecule has 5 nitrogen and oxygen atoms in total. The van der Waals surface area contributed by atoms with Crippen molar-refractivity contribution in [3.63, 3.8) is 0 Å². The molecule has 1 atom stereocenters. The Labute approximate surface area is 357 Å². The molecular weight excluding hydrogens is 757 g/mol. The SMILES string of the molecule is c1ccc(-c2nc(-c3ccc(-c4cccnc4)nc3)cc(-c3ccc4c(c3)C3(c5ccccc5-c5ccccc5-4)c4ccccc4-c4c3ccc3c4oc4ccccc43)n2)cc1. The van der Waals surface area contributed by atoms with Gasteiger partial charge in [-0.25, -0.2) is 9.97 Å². The zero-order valence-corrected chi connectivity index (χ0v) is 33.3. The lowest BCUT2D eigenvalue weighted by atomic mass is 9.65. The molecular formula is C57H34N4O. The highest BCUT2D eigenvalue weighted by molar-refractivity contribution is 6.13. The second kappa shape index (κ2) is 13.4. The van der Waals surface area contributed by atoms with Crippen molar-refractivity contribution in [2.24, 2.45) is 0 Å². The van der Waals surface area contributed by atoms with Gasteiger partial charge >= 0.3 is 0 Å². The van der Waals surface area contributed by atoms with Crippen molar-refractivity contribution in [2.75, 3.05) is 0 Å². The largest absolute Gasteiger partial charge is 0.455 e. The first-order valence-corrected chi connectivity index (χ1v) is 20.9.